The van der Waals surface area contributed by atoms with Gasteiger partial charge in [0.1, 0.15) is 16.5 Å². The number of nitrogens with zero attached hydrogens (tertiary/aromatic N) is 4. The predicted octanol–water partition coefficient (Wildman–Crippen LogP) is 2.34. The van der Waals surface area contributed by atoms with Gasteiger partial charge in [0.25, 0.3) is 11.6 Å². The van der Waals surface area contributed by atoms with Gasteiger partial charge in [0, 0.05) is 12.3 Å². The van der Waals surface area contributed by atoms with Crippen LogP contribution in [0.25, 0.3) is 0 Å². The Labute approximate surface area is 121 Å². The number of carbonyl (C=O) groups excluding carboxylic acids is 1. The van der Waals surface area contributed by atoms with Gasteiger partial charge in [-0.05, 0) is 6.07 Å². The average Bonchev–Trinajstić information content (AvgIpc) is 2.38. The number of carbonyl (C=O) groups is 1. The van der Waals surface area contributed by atoms with Gasteiger partial charge < -0.3 is 0 Å². The molecule has 20 heavy (non-hydrogen) atoms. The zero-order valence-electron chi connectivity index (χ0n) is 9.58. The van der Waals surface area contributed by atoms with Crippen molar-refractivity contribution in [3.05, 3.63) is 50.5 Å². The molecule has 102 valence electrons. The molecule has 10 heteroatoms. The molecule has 1 N–H and O–H groups in total. The van der Waals surface area contributed by atoms with Crippen LogP contribution in [0.3, 0.4) is 0 Å². The predicted molar refractivity (Wildman–Crippen MR) is 70.9 cm³/mol. The van der Waals surface area contributed by atoms with E-state index in [1.807, 2.05) is 0 Å². The second-order valence-electron chi connectivity index (χ2n) is 3.45. The number of pyridine rings is 1. The van der Waals surface area contributed by atoms with Crippen molar-refractivity contribution in [3.63, 3.8) is 0 Å². The molecule has 0 fully saturated rings. The molecule has 2 heterocycles. The largest absolute Gasteiger partial charge is 0.290 e. The first-order valence-electron chi connectivity index (χ1n) is 5.07. The normalized spacial score (nSPS) is 10.1. The Morgan fingerprint density at radius 1 is 1.35 bits per heavy atom. The number of rotatable bonds is 3. The van der Waals surface area contributed by atoms with Crippen LogP contribution in [0, 0.1) is 10.1 Å². The van der Waals surface area contributed by atoms with Crippen molar-refractivity contribution < 1.29 is 9.72 Å². The molecule has 8 nitrogen and oxygen atoms in total. The molecule has 0 aliphatic heterocycles. The summed E-state index contributed by atoms with van der Waals surface area (Å²) in [5.74, 6) is -0.779. The molecule has 0 radical (unpaired) electrons. The Kier molecular flexibility index (Phi) is 4.06. The van der Waals surface area contributed by atoms with E-state index in [-0.39, 0.29) is 27.5 Å². The highest BCUT2D eigenvalue weighted by molar-refractivity contribution is 6.33. The Balaban J connectivity index is 2.29. The van der Waals surface area contributed by atoms with Crippen molar-refractivity contribution >= 4 is 40.7 Å². The Morgan fingerprint density at radius 3 is 2.75 bits per heavy atom. The minimum absolute atomic E-state index is 0.0509. The van der Waals surface area contributed by atoms with Crippen LogP contribution in [0.2, 0.25) is 10.3 Å². The Bertz CT molecular complexity index is 694. The molecule has 0 aliphatic carbocycles. The van der Waals surface area contributed by atoms with Crippen molar-refractivity contribution in [2.24, 2.45) is 0 Å². The number of nitro groups is 1. The molecule has 1 amide bonds. The third-order valence-corrected chi connectivity index (χ3v) is 2.64. The highest BCUT2D eigenvalue weighted by atomic mass is 35.5. The van der Waals surface area contributed by atoms with Gasteiger partial charge in [0.2, 0.25) is 5.95 Å². The average molecular weight is 314 g/mol. The summed E-state index contributed by atoms with van der Waals surface area (Å²) in [7, 11) is 0. The lowest BCUT2D eigenvalue weighted by atomic mass is 10.2. The summed E-state index contributed by atoms with van der Waals surface area (Å²) in [6.45, 7) is 0. The fourth-order valence-corrected chi connectivity index (χ4v) is 1.59. The van der Waals surface area contributed by atoms with Crippen LogP contribution in [0.1, 0.15) is 10.4 Å². The third kappa shape index (κ3) is 3.16. The maximum Gasteiger partial charge on any atom is 0.288 e. The molecule has 2 rings (SSSR count). The van der Waals surface area contributed by atoms with Gasteiger partial charge in [-0.1, -0.05) is 23.2 Å². The lowest BCUT2D eigenvalue weighted by Gasteiger charge is -2.04. The van der Waals surface area contributed by atoms with Crippen LogP contribution in [-0.2, 0) is 0 Å². The standard InChI is InChI=1S/C10H5Cl2N5O3/c11-7-1-2-13-10(15-7)16-9(18)6-3-5(17(19)20)4-14-8(6)12/h1-4H,(H,13,15,16,18). The first kappa shape index (κ1) is 14.1. The van der Waals surface area contributed by atoms with Gasteiger partial charge in [-0.15, -0.1) is 0 Å². The van der Waals surface area contributed by atoms with Crippen LogP contribution in [0.15, 0.2) is 24.5 Å². The fraction of sp³-hybridized carbons (Fsp3) is 0. The van der Waals surface area contributed by atoms with Gasteiger partial charge in [-0.2, -0.15) is 0 Å². The summed E-state index contributed by atoms with van der Waals surface area (Å²) in [6, 6.07) is 2.44. The maximum atomic E-state index is 11.9. The molecule has 0 saturated heterocycles. The van der Waals surface area contributed by atoms with Crippen molar-refractivity contribution in [1.29, 1.82) is 0 Å². The van der Waals surface area contributed by atoms with Gasteiger partial charge in [0.15, 0.2) is 0 Å². The molecule has 0 unspecified atom stereocenters. The maximum absolute atomic E-state index is 11.9. The summed E-state index contributed by atoms with van der Waals surface area (Å²) in [5, 5.41) is 12.9. The van der Waals surface area contributed by atoms with Crippen molar-refractivity contribution in [3.8, 4) is 0 Å². The van der Waals surface area contributed by atoms with E-state index in [2.05, 4.69) is 20.3 Å². The van der Waals surface area contributed by atoms with Gasteiger partial charge in [0.05, 0.1) is 10.5 Å². The molecule has 0 bridgehead atoms. The van der Waals surface area contributed by atoms with E-state index < -0.39 is 10.8 Å². The number of nitrogens with one attached hydrogen (secondary N) is 1. The van der Waals surface area contributed by atoms with E-state index in [9.17, 15) is 14.9 Å². The molecule has 0 atom stereocenters. The lowest BCUT2D eigenvalue weighted by Crippen LogP contribution is -2.15. The molecule has 0 spiro atoms. The van der Waals surface area contributed by atoms with Crippen LogP contribution >= 0.6 is 23.2 Å². The van der Waals surface area contributed by atoms with Crippen LogP contribution in [0.4, 0.5) is 11.6 Å². The second kappa shape index (κ2) is 5.76. The molecule has 2 aromatic heterocycles. The van der Waals surface area contributed by atoms with E-state index in [1.165, 1.54) is 12.3 Å². The third-order valence-electron chi connectivity index (χ3n) is 2.13. The quantitative estimate of drug-likeness (QED) is 0.403. The molecular weight excluding hydrogens is 309 g/mol. The molecule has 0 saturated carbocycles. The number of hydrogen-bond acceptors (Lipinski definition) is 6. The van der Waals surface area contributed by atoms with E-state index in [4.69, 9.17) is 23.2 Å². The number of anilines is 1. The fourth-order valence-electron chi connectivity index (χ4n) is 1.26. The summed E-state index contributed by atoms with van der Waals surface area (Å²) in [6.07, 6.45) is 2.30. The molecule has 0 aliphatic rings. The molecular formula is C10H5Cl2N5O3. The highest BCUT2D eigenvalue weighted by Gasteiger charge is 2.18. The summed E-state index contributed by atoms with van der Waals surface area (Å²) in [5.41, 5.74) is -0.518. The van der Waals surface area contributed by atoms with Gasteiger partial charge >= 0.3 is 0 Å². The summed E-state index contributed by atoms with van der Waals surface area (Å²) in [4.78, 5) is 33.0. The zero-order chi connectivity index (χ0) is 14.7. The van der Waals surface area contributed by atoms with Crippen molar-refractivity contribution in [1.82, 2.24) is 15.0 Å². The Morgan fingerprint density at radius 2 is 2.10 bits per heavy atom. The smallest absolute Gasteiger partial charge is 0.288 e. The number of hydrogen-bond donors (Lipinski definition) is 1. The summed E-state index contributed by atoms with van der Waals surface area (Å²) < 4.78 is 0. The first-order valence-corrected chi connectivity index (χ1v) is 5.83. The lowest BCUT2D eigenvalue weighted by molar-refractivity contribution is -0.385. The monoisotopic (exact) mass is 313 g/mol. The van der Waals surface area contributed by atoms with E-state index in [0.29, 0.717) is 0 Å². The van der Waals surface area contributed by atoms with E-state index >= 15 is 0 Å². The number of halogens is 2. The van der Waals surface area contributed by atoms with Crippen LogP contribution in [0.5, 0.6) is 0 Å². The van der Waals surface area contributed by atoms with Gasteiger partial charge in [-0.25, -0.2) is 15.0 Å². The summed E-state index contributed by atoms with van der Waals surface area (Å²) >= 11 is 11.4. The topological polar surface area (TPSA) is 111 Å². The Hall–Kier alpha value is -2.32. The molecule has 0 aromatic carbocycles. The minimum atomic E-state index is -0.728. The van der Waals surface area contributed by atoms with Crippen LogP contribution in [-0.4, -0.2) is 25.8 Å². The zero-order valence-corrected chi connectivity index (χ0v) is 11.1. The van der Waals surface area contributed by atoms with E-state index in [0.717, 1.165) is 12.3 Å². The van der Waals surface area contributed by atoms with Gasteiger partial charge in [-0.3, -0.25) is 20.2 Å². The SMILES string of the molecule is O=C(Nc1nccc(Cl)n1)c1cc([N+](=O)[O-])cnc1Cl. The van der Waals surface area contributed by atoms with Crippen molar-refractivity contribution in [2.75, 3.05) is 5.32 Å². The van der Waals surface area contributed by atoms with Crippen molar-refractivity contribution in [2.45, 2.75) is 0 Å². The molecule has 2 aromatic rings. The minimum Gasteiger partial charge on any atom is -0.290 e. The van der Waals surface area contributed by atoms with Crippen LogP contribution < -0.4 is 5.32 Å². The van der Waals surface area contributed by atoms with E-state index in [1.54, 1.807) is 0 Å². The second-order valence-corrected chi connectivity index (χ2v) is 4.19. The number of amides is 1. The first-order chi connectivity index (χ1) is 9.47. The highest BCUT2D eigenvalue weighted by Crippen LogP contribution is 2.20. The number of aromatic nitrogens is 3.